The lowest BCUT2D eigenvalue weighted by molar-refractivity contribution is 0.286. The van der Waals surface area contributed by atoms with E-state index in [-0.39, 0.29) is 0 Å². The van der Waals surface area contributed by atoms with Crippen LogP contribution in [0, 0.1) is 0 Å². The van der Waals surface area contributed by atoms with E-state index in [1.54, 1.807) is 0 Å². The lowest BCUT2D eigenvalue weighted by Gasteiger charge is -2.20. The largest absolute Gasteiger partial charge is 0.300 e. The van der Waals surface area contributed by atoms with Crippen LogP contribution in [0.4, 0.5) is 0 Å². The predicted octanol–water partition coefficient (Wildman–Crippen LogP) is 9.28. The topological polar surface area (TPSA) is 3.24 Å². The molecule has 172 valence electrons. The summed E-state index contributed by atoms with van der Waals surface area (Å²) in [5.41, 5.74) is 1.32. The molecular formula is C29H51N. The molecule has 1 aromatic carbocycles. The zero-order valence-corrected chi connectivity index (χ0v) is 20.4. The summed E-state index contributed by atoms with van der Waals surface area (Å²) in [5, 5.41) is 0. The predicted molar refractivity (Wildman–Crippen MR) is 137 cm³/mol. The average molecular weight is 414 g/mol. The standard InChI is InChI=1S/C29H51N/c1-3-5-7-9-11-13-15-20-26-30(27-21-16-14-12-10-8-6-4-2)28-22-25-29-23-18-17-19-24-29/h17-19,22-25H,3-16,20-21,26-28H2,1-2H3. The highest BCUT2D eigenvalue weighted by atomic mass is 15.1. The summed E-state index contributed by atoms with van der Waals surface area (Å²) in [5.74, 6) is 0. The minimum Gasteiger partial charge on any atom is -0.300 e. The Kier molecular flexibility index (Phi) is 19.0. The Morgan fingerprint density at radius 2 is 1.00 bits per heavy atom. The van der Waals surface area contributed by atoms with E-state index in [9.17, 15) is 0 Å². The minimum atomic E-state index is 1.10. The molecule has 0 aliphatic heterocycles. The number of benzene rings is 1. The first kappa shape index (κ1) is 27.0. The van der Waals surface area contributed by atoms with Gasteiger partial charge >= 0.3 is 0 Å². The van der Waals surface area contributed by atoms with Gasteiger partial charge in [-0.25, -0.2) is 0 Å². The maximum absolute atomic E-state index is 2.69. The molecule has 0 saturated heterocycles. The van der Waals surface area contributed by atoms with Crippen molar-refractivity contribution < 1.29 is 0 Å². The minimum absolute atomic E-state index is 1.10. The Morgan fingerprint density at radius 1 is 0.567 bits per heavy atom. The van der Waals surface area contributed by atoms with E-state index < -0.39 is 0 Å². The Balaban J connectivity index is 2.22. The fourth-order valence-electron chi connectivity index (χ4n) is 4.13. The second kappa shape index (κ2) is 21.2. The summed E-state index contributed by atoms with van der Waals surface area (Å²) in [4.78, 5) is 2.69. The van der Waals surface area contributed by atoms with E-state index in [1.165, 1.54) is 121 Å². The number of nitrogens with zero attached hydrogens (tertiary/aromatic N) is 1. The van der Waals surface area contributed by atoms with Crippen LogP contribution >= 0.6 is 0 Å². The van der Waals surface area contributed by atoms with E-state index in [0.29, 0.717) is 0 Å². The van der Waals surface area contributed by atoms with Gasteiger partial charge in [0.05, 0.1) is 0 Å². The molecule has 1 heteroatoms. The molecule has 0 aliphatic rings. The smallest absolute Gasteiger partial charge is 0.0166 e. The molecule has 30 heavy (non-hydrogen) atoms. The van der Waals surface area contributed by atoms with Gasteiger partial charge in [-0.15, -0.1) is 0 Å². The van der Waals surface area contributed by atoms with Crippen molar-refractivity contribution in [1.82, 2.24) is 4.90 Å². The van der Waals surface area contributed by atoms with Crippen molar-refractivity contribution in [2.45, 2.75) is 117 Å². The normalized spacial score (nSPS) is 11.7. The van der Waals surface area contributed by atoms with Crippen molar-refractivity contribution in [3.63, 3.8) is 0 Å². The molecule has 0 radical (unpaired) electrons. The third kappa shape index (κ3) is 16.7. The van der Waals surface area contributed by atoms with Gasteiger partial charge < -0.3 is 0 Å². The molecule has 0 amide bonds. The third-order valence-corrected chi connectivity index (χ3v) is 6.13. The molecule has 1 rings (SSSR count). The molecule has 0 unspecified atom stereocenters. The van der Waals surface area contributed by atoms with Crippen molar-refractivity contribution in [1.29, 1.82) is 0 Å². The van der Waals surface area contributed by atoms with Crippen molar-refractivity contribution >= 4 is 6.08 Å². The number of unbranched alkanes of at least 4 members (excludes halogenated alkanes) is 14. The summed E-state index contributed by atoms with van der Waals surface area (Å²) in [6.45, 7) is 8.23. The first-order chi connectivity index (χ1) is 14.9. The summed E-state index contributed by atoms with van der Waals surface area (Å²) in [6, 6.07) is 10.7. The van der Waals surface area contributed by atoms with Crippen LogP contribution < -0.4 is 0 Å². The Labute approximate surface area is 189 Å². The van der Waals surface area contributed by atoms with E-state index in [1.807, 2.05) is 0 Å². The molecular weight excluding hydrogens is 362 g/mol. The quantitative estimate of drug-likeness (QED) is 0.181. The molecule has 0 aliphatic carbocycles. The number of hydrogen-bond donors (Lipinski definition) is 0. The number of hydrogen-bond acceptors (Lipinski definition) is 1. The van der Waals surface area contributed by atoms with Gasteiger partial charge in [0, 0.05) is 6.54 Å². The molecule has 0 aromatic heterocycles. The second-order valence-electron chi connectivity index (χ2n) is 9.06. The summed E-state index contributed by atoms with van der Waals surface area (Å²) in [7, 11) is 0. The van der Waals surface area contributed by atoms with E-state index in [0.717, 1.165) is 6.54 Å². The molecule has 0 saturated carbocycles. The Bertz CT molecular complexity index is 458. The highest BCUT2D eigenvalue weighted by Crippen LogP contribution is 2.11. The SMILES string of the molecule is CCCCCCCCCCN(CC=Cc1ccccc1)CCCCCCCCCC. The summed E-state index contributed by atoms with van der Waals surface area (Å²) >= 11 is 0. The molecule has 0 N–H and O–H groups in total. The fraction of sp³-hybridized carbons (Fsp3) is 0.724. The van der Waals surface area contributed by atoms with Crippen LogP contribution in [0.15, 0.2) is 36.4 Å². The van der Waals surface area contributed by atoms with Crippen LogP contribution in [0.3, 0.4) is 0 Å². The van der Waals surface area contributed by atoms with Crippen LogP contribution in [0.5, 0.6) is 0 Å². The maximum atomic E-state index is 2.69. The lowest BCUT2D eigenvalue weighted by Crippen LogP contribution is -2.26. The van der Waals surface area contributed by atoms with Crippen LogP contribution in [-0.2, 0) is 0 Å². The Hall–Kier alpha value is -1.08. The second-order valence-corrected chi connectivity index (χ2v) is 9.06. The summed E-state index contributed by atoms with van der Waals surface area (Å²) < 4.78 is 0. The van der Waals surface area contributed by atoms with Crippen molar-refractivity contribution in [3.8, 4) is 0 Å². The van der Waals surface area contributed by atoms with Crippen molar-refractivity contribution in [3.05, 3.63) is 42.0 Å². The molecule has 0 bridgehead atoms. The third-order valence-electron chi connectivity index (χ3n) is 6.13. The van der Waals surface area contributed by atoms with Gasteiger partial charge in [-0.3, -0.25) is 4.90 Å². The molecule has 0 heterocycles. The molecule has 1 aromatic rings. The lowest BCUT2D eigenvalue weighted by atomic mass is 10.1. The van der Waals surface area contributed by atoms with E-state index in [4.69, 9.17) is 0 Å². The molecule has 0 atom stereocenters. The van der Waals surface area contributed by atoms with Crippen LogP contribution in [-0.4, -0.2) is 24.5 Å². The first-order valence-electron chi connectivity index (χ1n) is 13.3. The monoisotopic (exact) mass is 413 g/mol. The highest BCUT2D eigenvalue weighted by molar-refractivity contribution is 5.48. The van der Waals surface area contributed by atoms with Gasteiger partial charge in [0.15, 0.2) is 0 Å². The molecule has 1 nitrogen and oxygen atoms in total. The van der Waals surface area contributed by atoms with Crippen molar-refractivity contribution in [2.75, 3.05) is 19.6 Å². The number of rotatable bonds is 21. The van der Waals surface area contributed by atoms with Crippen LogP contribution in [0.25, 0.3) is 6.08 Å². The first-order valence-corrected chi connectivity index (χ1v) is 13.3. The van der Waals surface area contributed by atoms with Gasteiger partial charge in [-0.05, 0) is 31.5 Å². The van der Waals surface area contributed by atoms with E-state index in [2.05, 4.69) is 61.2 Å². The maximum Gasteiger partial charge on any atom is 0.0166 e. The average Bonchev–Trinajstić information content (AvgIpc) is 2.77. The van der Waals surface area contributed by atoms with Gasteiger partial charge in [0.2, 0.25) is 0 Å². The molecule has 0 fully saturated rings. The Morgan fingerprint density at radius 3 is 1.47 bits per heavy atom. The zero-order chi connectivity index (χ0) is 21.5. The molecule has 0 spiro atoms. The van der Waals surface area contributed by atoms with Crippen molar-refractivity contribution in [2.24, 2.45) is 0 Å². The van der Waals surface area contributed by atoms with Crippen LogP contribution in [0.2, 0.25) is 0 Å². The van der Waals surface area contributed by atoms with Gasteiger partial charge in [0.25, 0.3) is 0 Å². The highest BCUT2D eigenvalue weighted by Gasteiger charge is 2.03. The van der Waals surface area contributed by atoms with E-state index >= 15 is 0 Å². The summed E-state index contributed by atoms with van der Waals surface area (Å²) in [6.07, 6.45) is 27.2. The van der Waals surface area contributed by atoms with Crippen LogP contribution in [0.1, 0.15) is 122 Å². The van der Waals surface area contributed by atoms with Gasteiger partial charge in [-0.1, -0.05) is 146 Å². The zero-order valence-electron chi connectivity index (χ0n) is 20.4. The van der Waals surface area contributed by atoms with Gasteiger partial charge in [0.1, 0.15) is 0 Å². The fourth-order valence-corrected chi connectivity index (χ4v) is 4.13. The van der Waals surface area contributed by atoms with Gasteiger partial charge in [-0.2, -0.15) is 0 Å².